The van der Waals surface area contributed by atoms with E-state index in [0.29, 0.717) is 56.8 Å². The molecule has 2 aliphatic rings. The van der Waals surface area contributed by atoms with Crippen LogP contribution in [0, 0.1) is 12.3 Å². The lowest BCUT2D eigenvalue weighted by molar-refractivity contribution is -0.198. The second-order valence-electron chi connectivity index (χ2n) is 11.3. The summed E-state index contributed by atoms with van der Waals surface area (Å²) >= 11 is 0. The largest absolute Gasteiger partial charge is 0.480 e. The van der Waals surface area contributed by atoms with Gasteiger partial charge in [0.2, 0.25) is 17.9 Å². The van der Waals surface area contributed by atoms with Crippen molar-refractivity contribution in [3.63, 3.8) is 0 Å². The topological polar surface area (TPSA) is 131 Å². The van der Waals surface area contributed by atoms with Gasteiger partial charge < -0.3 is 25.8 Å². The fourth-order valence-electron chi connectivity index (χ4n) is 5.87. The van der Waals surface area contributed by atoms with Crippen molar-refractivity contribution in [2.24, 2.45) is 5.41 Å². The van der Waals surface area contributed by atoms with Crippen molar-refractivity contribution in [3.05, 3.63) is 53.3 Å². The van der Waals surface area contributed by atoms with Gasteiger partial charge in [0.05, 0.1) is 11.4 Å². The van der Waals surface area contributed by atoms with Crippen LogP contribution in [0.2, 0.25) is 0 Å². The summed E-state index contributed by atoms with van der Waals surface area (Å²) in [6.07, 6.45) is -1.13. The Kier molecular flexibility index (Phi) is 8.31. The molecule has 5 rings (SSSR count). The second-order valence-corrected chi connectivity index (χ2v) is 11.3. The van der Waals surface area contributed by atoms with Crippen LogP contribution in [0.15, 0.2) is 36.5 Å². The van der Waals surface area contributed by atoms with Crippen LogP contribution in [0.4, 0.5) is 24.9 Å². The van der Waals surface area contributed by atoms with Crippen LogP contribution in [0.5, 0.6) is 5.88 Å². The smallest absolute Gasteiger partial charge is 0.429 e. The fourth-order valence-corrected chi connectivity index (χ4v) is 5.87. The zero-order valence-electron chi connectivity index (χ0n) is 23.7. The number of nitrogens with one attached hydrogen (secondary N) is 1. The first kappa shape index (κ1) is 29.6. The number of unbranched alkanes of at least 4 members (excludes halogenated alkanes) is 1. The first-order valence-electron chi connectivity index (χ1n) is 14.2. The van der Waals surface area contributed by atoms with E-state index < -0.39 is 24.3 Å². The summed E-state index contributed by atoms with van der Waals surface area (Å²) in [4.78, 5) is 21.6. The number of carboxylic acids is 1. The van der Waals surface area contributed by atoms with E-state index in [2.05, 4.69) is 20.4 Å². The molecule has 2 atom stereocenters. The zero-order chi connectivity index (χ0) is 30.1. The molecule has 42 heavy (non-hydrogen) atoms. The van der Waals surface area contributed by atoms with Gasteiger partial charge in [0, 0.05) is 37.5 Å². The van der Waals surface area contributed by atoms with Gasteiger partial charge in [0.1, 0.15) is 11.9 Å². The second kappa shape index (κ2) is 11.8. The molecule has 2 saturated heterocycles. The summed E-state index contributed by atoms with van der Waals surface area (Å²) in [5.41, 5.74) is 7.46. The molecule has 2 aromatic heterocycles. The highest BCUT2D eigenvalue weighted by atomic mass is 19.4. The van der Waals surface area contributed by atoms with Crippen molar-refractivity contribution in [1.29, 1.82) is 0 Å². The molecular weight excluding hydrogens is 551 g/mol. The number of benzene rings is 1. The molecule has 3 aromatic rings. The van der Waals surface area contributed by atoms with Gasteiger partial charge in [-0.15, -0.1) is 0 Å². The normalized spacial score (nSPS) is 19.3. The number of aryl methyl sites for hydroxylation is 2. The quantitative estimate of drug-likeness (QED) is 0.328. The molecule has 0 unspecified atom stereocenters. The van der Waals surface area contributed by atoms with Gasteiger partial charge >= 0.3 is 12.1 Å². The summed E-state index contributed by atoms with van der Waals surface area (Å²) in [6, 6.07) is 7.55. The Morgan fingerprint density at radius 3 is 2.62 bits per heavy atom. The van der Waals surface area contributed by atoms with Gasteiger partial charge in [-0.25, -0.2) is 4.68 Å². The van der Waals surface area contributed by atoms with E-state index in [1.54, 1.807) is 25.3 Å². The lowest BCUT2D eigenvalue weighted by Crippen LogP contribution is -2.41. The maximum Gasteiger partial charge on any atom is 0.429 e. The molecule has 4 heterocycles. The molecule has 1 aromatic carbocycles. The van der Waals surface area contributed by atoms with Crippen molar-refractivity contribution in [2.45, 2.75) is 70.7 Å². The van der Waals surface area contributed by atoms with Crippen LogP contribution in [-0.2, 0) is 11.2 Å². The number of aliphatic carboxylic acids is 1. The highest BCUT2D eigenvalue weighted by Gasteiger charge is 2.46. The van der Waals surface area contributed by atoms with E-state index in [0.717, 1.165) is 18.4 Å². The number of halogens is 3. The van der Waals surface area contributed by atoms with Crippen LogP contribution in [-0.4, -0.2) is 62.7 Å². The van der Waals surface area contributed by atoms with Crippen molar-refractivity contribution in [2.75, 3.05) is 30.3 Å². The first-order valence-corrected chi connectivity index (χ1v) is 14.2. The fraction of sp³-hybridized carbons (Fsp3) is 0.517. The number of rotatable bonds is 9. The predicted octanol–water partition coefficient (Wildman–Crippen LogP) is 4.61. The molecule has 0 aliphatic carbocycles. The number of anilines is 2. The Morgan fingerprint density at radius 2 is 2.00 bits per heavy atom. The molecule has 1 spiro atoms. The van der Waals surface area contributed by atoms with Gasteiger partial charge in [0.15, 0.2) is 0 Å². The molecule has 226 valence electrons. The lowest BCUT2D eigenvalue weighted by atomic mass is 9.76. The molecule has 2 aliphatic heterocycles. The number of carbonyl (C=O) groups is 1. The van der Waals surface area contributed by atoms with Crippen molar-refractivity contribution in [1.82, 2.24) is 25.1 Å². The number of nitrogens with two attached hydrogens (primary N) is 1. The van der Waals surface area contributed by atoms with Gasteiger partial charge in [-0.2, -0.15) is 28.2 Å². The molecule has 0 saturated carbocycles. The Morgan fingerprint density at radius 1 is 1.24 bits per heavy atom. The first-order chi connectivity index (χ1) is 20.0. The van der Waals surface area contributed by atoms with E-state index in [1.165, 1.54) is 16.8 Å². The van der Waals surface area contributed by atoms with Gasteiger partial charge in [-0.3, -0.25) is 4.79 Å². The third-order valence-electron chi connectivity index (χ3n) is 8.21. The van der Waals surface area contributed by atoms with Crippen molar-refractivity contribution in [3.8, 4) is 11.6 Å². The zero-order valence-corrected chi connectivity index (χ0v) is 23.7. The minimum absolute atomic E-state index is 0.0698. The Hall–Kier alpha value is -3.87. The summed E-state index contributed by atoms with van der Waals surface area (Å²) in [6.45, 7) is 5.51. The third-order valence-corrected chi connectivity index (χ3v) is 8.21. The van der Waals surface area contributed by atoms with E-state index in [1.807, 2.05) is 17.9 Å². The van der Waals surface area contributed by atoms with E-state index in [9.17, 15) is 23.1 Å². The maximum absolute atomic E-state index is 14.7. The average Bonchev–Trinajstić information content (AvgIpc) is 3.56. The van der Waals surface area contributed by atoms with Crippen LogP contribution in [0.3, 0.4) is 0 Å². The molecule has 0 amide bonds. The highest BCUT2D eigenvalue weighted by Crippen LogP contribution is 2.42. The van der Waals surface area contributed by atoms with Crippen molar-refractivity contribution >= 4 is 17.7 Å². The van der Waals surface area contributed by atoms with Crippen molar-refractivity contribution < 1.29 is 27.8 Å². The standard InChI is InChI=1S/C29H36F3N7O3/c1-3-4-5-19-6-7-22(39-11-8-18(2)37-39)20(14-19)25(29(30,31)32)42-24-15-23(35-27(33)36-24)38-12-9-28(10-13-38)16-21(26(40)41)34-17-28/h6-8,11,14-15,21,25,34H,3-5,9-10,12-13,16-17H2,1-2H3,(H,40,41)(H2,33,35,36)/t21-,25+/m0/s1. The number of alkyl halides is 3. The number of nitrogens with zero attached hydrogens (tertiary/aromatic N) is 5. The number of ether oxygens (including phenoxy) is 1. The van der Waals surface area contributed by atoms with Crippen LogP contribution in [0.25, 0.3) is 5.69 Å². The molecule has 0 radical (unpaired) electrons. The van der Waals surface area contributed by atoms with Crippen LogP contribution < -0.4 is 20.7 Å². The Bertz CT molecular complexity index is 1420. The molecule has 13 heteroatoms. The molecule has 10 nitrogen and oxygen atoms in total. The average molecular weight is 588 g/mol. The minimum Gasteiger partial charge on any atom is -0.480 e. The van der Waals surface area contributed by atoms with E-state index in [-0.39, 0.29) is 28.5 Å². The maximum atomic E-state index is 14.7. The number of aromatic nitrogens is 4. The third kappa shape index (κ3) is 6.45. The van der Waals surface area contributed by atoms with Crippen LogP contribution >= 0.6 is 0 Å². The molecule has 2 fully saturated rings. The number of piperidine rings is 1. The summed E-state index contributed by atoms with van der Waals surface area (Å²) in [7, 11) is 0. The monoisotopic (exact) mass is 587 g/mol. The number of hydrogen-bond acceptors (Lipinski definition) is 8. The Labute approximate surface area is 242 Å². The number of carboxylic acid groups (broad SMARTS) is 1. The lowest BCUT2D eigenvalue weighted by Gasteiger charge is -2.39. The van der Waals surface area contributed by atoms with Gasteiger partial charge in [-0.1, -0.05) is 19.4 Å². The van der Waals surface area contributed by atoms with Gasteiger partial charge in [-0.05, 0) is 68.2 Å². The number of hydrogen-bond donors (Lipinski definition) is 3. The molecular formula is C29H36F3N7O3. The predicted molar refractivity (Wildman–Crippen MR) is 151 cm³/mol. The number of nitrogen functional groups attached to an aromatic ring is 1. The highest BCUT2D eigenvalue weighted by molar-refractivity contribution is 5.74. The molecule has 4 N–H and O–H groups in total. The van der Waals surface area contributed by atoms with E-state index >= 15 is 0 Å². The Balaban J connectivity index is 1.42. The van der Waals surface area contributed by atoms with E-state index in [4.69, 9.17) is 10.5 Å². The summed E-state index contributed by atoms with van der Waals surface area (Å²) < 4.78 is 51.2. The summed E-state index contributed by atoms with van der Waals surface area (Å²) in [5, 5.41) is 16.8. The summed E-state index contributed by atoms with van der Waals surface area (Å²) in [5.74, 6) is -0.971. The van der Waals surface area contributed by atoms with Gasteiger partial charge in [0.25, 0.3) is 0 Å². The minimum atomic E-state index is -4.77. The SMILES string of the molecule is CCCCc1ccc(-n2ccc(C)n2)c([C@@H](Oc2cc(N3CCC4(CC3)CN[C@H](C(=O)O)C4)nc(N)n2)C(F)(F)F)c1. The molecule has 0 bridgehead atoms. The van der Waals surface area contributed by atoms with Crippen LogP contribution in [0.1, 0.15) is 62.0 Å².